The molecule has 0 saturated heterocycles. The summed E-state index contributed by atoms with van der Waals surface area (Å²) in [4.78, 5) is 3.34. The highest BCUT2D eigenvalue weighted by Crippen LogP contribution is 2.02. The van der Waals surface area contributed by atoms with Crippen LogP contribution in [0, 0.1) is 12.3 Å². The zero-order valence-corrected chi connectivity index (χ0v) is 12.2. The topological polar surface area (TPSA) is 65.7 Å². The second-order valence-corrected chi connectivity index (χ2v) is 4.72. The van der Waals surface area contributed by atoms with Crippen LogP contribution in [0.3, 0.4) is 0 Å². The Labute approximate surface area is 114 Å². The first-order chi connectivity index (χ1) is 8.90. The van der Waals surface area contributed by atoms with Crippen LogP contribution < -0.4 is 16.4 Å². The number of rotatable bonds is 4. The Morgan fingerprint density at radius 2 is 1.95 bits per heavy atom. The van der Waals surface area contributed by atoms with Crippen molar-refractivity contribution in [2.75, 3.05) is 0 Å². The van der Waals surface area contributed by atoms with E-state index >= 15 is 0 Å². The van der Waals surface area contributed by atoms with Gasteiger partial charge in [0, 0.05) is 22.1 Å². The molecule has 0 aliphatic heterocycles. The average molecular weight is 257 g/mol. The van der Waals surface area contributed by atoms with Gasteiger partial charge in [-0.05, 0) is 56.0 Å². The summed E-state index contributed by atoms with van der Waals surface area (Å²) in [5.41, 5.74) is 10.6. The molecule has 102 valence electrons. The minimum absolute atomic E-state index is 0.535. The number of hydrogen-bond acceptors (Lipinski definition) is 2. The Morgan fingerprint density at radius 1 is 1.32 bits per heavy atom. The van der Waals surface area contributed by atoms with E-state index in [1.165, 1.54) is 11.1 Å². The summed E-state index contributed by atoms with van der Waals surface area (Å²) >= 11 is 0. The number of nitrogens with two attached hydrogens (primary N) is 1. The molecular formula is C16H23N3. The zero-order chi connectivity index (χ0) is 14.6. The van der Waals surface area contributed by atoms with Crippen LogP contribution in [0.2, 0.25) is 0 Å². The highest BCUT2D eigenvalue weighted by atomic mass is 14.7. The van der Waals surface area contributed by atoms with Crippen molar-refractivity contribution < 1.29 is 0 Å². The van der Waals surface area contributed by atoms with Crippen molar-refractivity contribution >= 4 is 17.9 Å². The summed E-state index contributed by atoms with van der Waals surface area (Å²) in [5.74, 6) is 0. The van der Waals surface area contributed by atoms with Gasteiger partial charge < -0.3 is 16.1 Å². The molecule has 1 aromatic heterocycles. The van der Waals surface area contributed by atoms with Crippen LogP contribution in [0.4, 0.5) is 0 Å². The molecule has 0 fully saturated rings. The Balaban J connectivity index is 3.57. The fourth-order valence-corrected chi connectivity index (χ4v) is 2.01. The third-order valence-electron chi connectivity index (χ3n) is 3.23. The van der Waals surface area contributed by atoms with Crippen molar-refractivity contribution in [3.63, 3.8) is 0 Å². The van der Waals surface area contributed by atoms with Crippen molar-refractivity contribution in [1.82, 2.24) is 4.98 Å². The van der Waals surface area contributed by atoms with Crippen LogP contribution in [0.1, 0.15) is 31.9 Å². The van der Waals surface area contributed by atoms with Crippen LogP contribution in [0.15, 0.2) is 23.9 Å². The van der Waals surface area contributed by atoms with E-state index in [0.29, 0.717) is 11.4 Å². The molecule has 3 nitrogen and oxygen atoms in total. The highest BCUT2D eigenvalue weighted by Gasteiger charge is 2.03. The lowest BCUT2D eigenvalue weighted by Gasteiger charge is -1.96. The van der Waals surface area contributed by atoms with Crippen molar-refractivity contribution in [2.45, 2.75) is 34.1 Å². The minimum atomic E-state index is 0.535. The quantitative estimate of drug-likeness (QED) is 0.560. The Bertz CT molecular complexity index is 642. The van der Waals surface area contributed by atoms with E-state index < -0.39 is 0 Å². The van der Waals surface area contributed by atoms with Crippen LogP contribution in [0.25, 0.3) is 12.2 Å². The smallest absolute Gasteiger partial charge is 0.0438 e. The molecule has 1 heterocycles. The number of allylic oxidation sites excluding steroid dienone is 3. The van der Waals surface area contributed by atoms with Crippen molar-refractivity contribution in [2.24, 2.45) is 5.73 Å². The second kappa shape index (κ2) is 6.23. The van der Waals surface area contributed by atoms with Crippen molar-refractivity contribution in [1.29, 1.82) is 5.41 Å². The maximum absolute atomic E-state index is 7.59. The number of hydrogen-bond donors (Lipinski definition) is 3. The molecule has 0 aromatic carbocycles. The Hall–Kier alpha value is -2.03. The van der Waals surface area contributed by atoms with Crippen LogP contribution in [-0.2, 0) is 6.42 Å². The summed E-state index contributed by atoms with van der Waals surface area (Å²) < 4.78 is 0. The van der Waals surface area contributed by atoms with Gasteiger partial charge in [0.1, 0.15) is 0 Å². The number of aromatic amines is 1. The minimum Gasteiger partial charge on any atom is -0.398 e. The Kier molecular flexibility index (Phi) is 4.93. The lowest BCUT2D eigenvalue weighted by Crippen LogP contribution is -2.14. The molecule has 0 atom stereocenters. The van der Waals surface area contributed by atoms with Gasteiger partial charge in [0.15, 0.2) is 0 Å². The lowest BCUT2D eigenvalue weighted by atomic mass is 10.1. The summed E-state index contributed by atoms with van der Waals surface area (Å²) in [7, 11) is 0. The van der Waals surface area contributed by atoms with Gasteiger partial charge in [-0.15, -0.1) is 0 Å². The molecule has 0 spiro atoms. The van der Waals surface area contributed by atoms with E-state index in [4.69, 9.17) is 11.1 Å². The molecule has 0 aliphatic carbocycles. The molecule has 1 aromatic rings. The summed E-state index contributed by atoms with van der Waals surface area (Å²) in [6, 6.07) is 0. The van der Waals surface area contributed by atoms with Crippen LogP contribution in [0.5, 0.6) is 0 Å². The predicted molar refractivity (Wildman–Crippen MR) is 83.6 cm³/mol. The van der Waals surface area contributed by atoms with Gasteiger partial charge in [-0.3, -0.25) is 0 Å². The molecule has 4 N–H and O–H groups in total. The summed E-state index contributed by atoms with van der Waals surface area (Å²) in [6.07, 6.45) is 6.46. The largest absolute Gasteiger partial charge is 0.398 e. The first-order valence-electron chi connectivity index (χ1n) is 6.45. The van der Waals surface area contributed by atoms with Gasteiger partial charge >= 0.3 is 0 Å². The maximum Gasteiger partial charge on any atom is 0.0438 e. The molecule has 19 heavy (non-hydrogen) atoms. The standard InChI is InChI=1S/C16H23N3/c1-6-10(3)14(18)9-15-12(5)13(7-2)16(19-15)8-11(4)17/h6,8-9,17,19H,1,7,18H2,2-5H3/b14-10+,15-9-,16-8-,17-11?. The van der Waals surface area contributed by atoms with Gasteiger partial charge in [-0.25, -0.2) is 0 Å². The molecule has 0 aliphatic rings. The molecule has 0 saturated carbocycles. The highest BCUT2D eigenvalue weighted by molar-refractivity contribution is 6.06. The lowest BCUT2D eigenvalue weighted by molar-refractivity contribution is 1.10. The first-order valence-corrected chi connectivity index (χ1v) is 6.45. The molecule has 1 rings (SSSR count). The van der Waals surface area contributed by atoms with Crippen LogP contribution in [-0.4, -0.2) is 10.7 Å². The normalized spacial score (nSPS) is 14.5. The van der Waals surface area contributed by atoms with Gasteiger partial charge in [-0.1, -0.05) is 19.6 Å². The fraction of sp³-hybridized carbons (Fsp3) is 0.312. The first kappa shape index (κ1) is 15.0. The SMILES string of the molecule is C=C/C(C)=C(N)\C=c1/[nH]/c(=C\C(C)=N)c(CC)c1C. The third-order valence-corrected chi connectivity index (χ3v) is 3.23. The number of H-pyrrole nitrogens is 1. The van der Waals surface area contributed by atoms with Gasteiger partial charge in [-0.2, -0.15) is 0 Å². The van der Waals surface area contributed by atoms with Crippen LogP contribution >= 0.6 is 0 Å². The van der Waals surface area contributed by atoms with Crippen molar-refractivity contribution in [3.8, 4) is 0 Å². The van der Waals surface area contributed by atoms with E-state index in [0.717, 1.165) is 22.7 Å². The van der Waals surface area contributed by atoms with Gasteiger partial charge in [0.2, 0.25) is 0 Å². The maximum atomic E-state index is 7.59. The molecule has 0 amide bonds. The predicted octanol–water partition coefficient (Wildman–Crippen LogP) is 1.90. The third kappa shape index (κ3) is 3.47. The van der Waals surface area contributed by atoms with Gasteiger partial charge in [0.25, 0.3) is 0 Å². The molecular weight excluding hydrogens is 234 g/mol. The van der Waals surface area contributed by atoms with E-state index in [2.05, 4.69) is 25.4 Å². The van der Waals surface area contributed by atoms with E-state index in [1.54, 1.807) is 13.0 Å². The summed E-state index contributed by atoms with van der Waals surface area (Å²) in [5, 5.41) is 9.60. The number of aromatic nitrogens is 1. The second-order valence-electron chi connectivity index (χ2n) is 4.72. The average Bonchev–Trinajstić information content (AvgIpc) is 2.63. The fourth-order valence-electron chi connectivity index (χ4n) is 2.01. The Morgan fingerprint density at radius 3 is 2.42 bits per heavy atom. The van der Waals surface area contributed by atoms with E-state index in [-0.39, 0.29) is 0 Å². The van der Waals surface area contributed by atoms with E-state index in [9.17, 15) is 0 Å². The molecule has 0 unspecified atom stereocenters. The molecule has 0 radical (unpaired) electrons. The van der Waals surface area contributed by atoms with Gasteiger partial charge in [0.05, 0.1) is 0 Å². The molecule has 0 bridgehead atoms. The molecule has 3 heteroatoms. The summed E-state index contributed by atoms with van der Waals surface area (Å²) in [6.45, 7) is 11.6. The number of nitrogens with one attached hydrogen (secondary N) is 2. The zero-order valence-electron chi connectivity index (χ0n) is 12.2. The van der Waals surface area contributed by atoms with Crippen molar-refractivity contribution in [3.05, 3.63) is 45.8 Å². The van der Waals surface area contributed by atoms with E-state index in [1.807, 2.05) is 19.1 Å². The monoisotopic (exact) mass is 257 g/mol.